The standard InChI is InChI=1S/C29H29N3O5S/c1-29(2,3)19-15-24(27(37-4)25(16-19)32-38(5,35)36)31-28(34)26(33)23-13-12-20(18-9-8-14-30-17-18)21-10-6-7-11-22(21)23/h6-17,32H,1-5H3,(H,31,34). The number of methoxy groups -OCH3 is 1. The number of anilines is 2. The van der Waals surface area contributed by atoms with Crippen molar-refractivity contribution in [1.82, 2.24) is 4.98 Å². The van der Waals surface area contributed by atoms with Crippen LogP contribution in [-0.2, 0) is 20.2 Å². The summed E-state index contributed by atoms with van der Waals surface area (Å²) in [5.74, 6) is -1.51. The molecule has 8 nitrogen and oxygen atoms in total. The minimum absolute atomic E-state index is 0.0985. The van der Waals surface area contributed by atoms with E-state index in [-0.39, 0.29) is 28.1 Å². The van der Waals surface area contributed by atoms with Crippen LogP contribution in [0.5, 0.6) is 5.75 Å². The molecule has 0 aliphatic rings. The van der Waals surface area contributed by atoms with Crippen molar-refractivity contribution in [2.45, 2.75) is 26.2 Å². The number of aromatic nitrogens is 1. The van der Waals surface area contributed by atoms with E-state index in [1.807, 2.05) is 51.1 Å². The summed E-state index contributed by atoms with van der Waals surface area (Å²) in [5, 5.41) is 4.09. The number of ether oxygens (including phenoxy) is 1. The number of nitrogens with one attached hydrogen (secondary N) is 2. The first-order valence-electron chi connectivity index (χ1n) is 11.9. The SMILES string of the molecule is COc1c(NC(=O)C(=O)c2ccc(-c3cccnc3)c3ccccc23)cc(C(C)(C)C)cc1NS(C)(=O)=O. The highest BCUT2D eigenvalue weighted by Crippen LogP contribution is 2.39. The van der Waals surface area contributed by atoms with Gasteiger partial charge in [-0.25, -0.2) is 8.42 Å². The Morgan fingerprint density at radius 2 is 1.61 bits per heavy atom. The minimum atomic E-state index is -3.64. The highest BCUT2D eigenvalue weighted by molar-refractivity contribution is 7.92. The molecule has 0 bridgehead atoms. The number of rotatable bonds is 7. The molecule has 1 amide bonds. The van der Waals surface area contributed by atoms with Gasteiger partial charge in [0, 0.05) is 23.5 Å². The van der Waals surface area contributed by atoms with Gasteiger partial charge in [-0.1, -0.05) is 57.2 Å². The molecule has 0 saturated heterocycles. The zero-order valence-electron chi connectivity index (χ0n) is 21.8. The van der Waals surface area contributed by atoms with Crippen LogP contribution < -0.4 is 14.8 Å². The van der Waals surface area contributed by atoms with Gasteiger partial charge in [0.25, 0.3) is 11.7 Å². The van der Waals surface area contributed by atoms with Gasteiger partial charge in [0.1, 0.15) is 0 Å². The van der Waals surface area contributed by atoms with Crippen molar-refractivity contribution in [3.05, 3.63) is 84.2 Å². The van der Waals surface area contributed by atoms with Crippen molar-refractivity contribution >= 4 is 43.9 Å². The lowest BCUT2D eigenvalue weighted by molar-refractivity contribution is -0.112. The van der Waals surface area contributed by atoms with E-state index in [2.05, 4.69) is 15.0 Å². The minimum Gasteiger partial charge on any atom is -0.492 e. The Morgan fingerprint density at radius 1 is 0.921 bits per heavy atom. The van der Waals surface area contributed by atoms with Crippen LogP contribution >= 0.6 is 0 Å². The lowest BCUT2D eigenvalue weighted by Crippen LogP contribution is -2.24. The number of carbonyl (C=O) groups is 2. The monoisotopic (exact) mass is 531 g/mol. The maximum absolute atomic E-state index is 13.4. The Kier molecular flexibility index (Phi) is 7.24. The Balaban J connectivity index is 1.76. The maximum atomic E-state index is 13.4. The second-order valence-corrected chi connectivity index (χ2v) is 11.7. The van der Waals surface area contributed by atoms with Crippen LogP contribution in [0.15, 0.2) is 73.1 Å². The summed E-state index contributed by atoms with van der Waals surface area (Å²) >= 11 is 0. The predicted octanol–water partition coefficient (Wildman–Crippen LogP) is 5.40. The molecule has 3 aromatic carbocycles. The van der Waals surface area contributed by atoms with Crippen LogP contribution in [-0.4, -0.2) is 38.5 Å². The zero-order chi connectivity index (χ0) is 27.7. The first-order chi connectivity index (χ1) is 17.9. The van der Waals surface area contributed by atoms with Gasteiger partial charge in [0.15, 0.2) is 5.75 Å². The molecule has 9 heteroatoms. The van der Waals surface area contributed by atoms with Crippen molar-refractivity contribution in [2.75, 3.05) is 23.4 Å². The van der Waals surface area contributed by atoms with Crippen molar-refractivity contribution in [3.63, 3.8) is 0 Å². The molecule has 38 heavy (non-hydrogen) atoms. The van der Waals surface area contributed by atoms with Gasteiger partial charge >= 0.3 is 0 Å². The molecule has 4 rings (SSSR count). The lowest BCUT2D eigenvalue weighted by atomic mass is 9.86. The molecule has 0 aliphatic heterocycles. The lowest BCUT2D eigenvalue weighted by Gasteiger charge is -2.23. The molecule has 0 saturated carbocycles. The average Bonchev–Trinajstić information content (AvgIpc) is 2.86. The van der Waals surface area contributed by atoms with Gasteiger partial charge in [0.2, 0.25) is 10.0 Å². The van der Waals surface area contributed by atoms with E-state index in [1.165, 1.54) is 7.11 Å². The fourth-order valence-corrected chi connectivity index (χ4v) is 4.77. The highest BCUT2D eigenvalue weighted by Gasteiger charge is 2.25. The first-order valence-corrected chi connectivity index (χ1v) is 13.8. The number of pyridine rings is 1. The third-order valence-corrected chi connectivity index (χ3v) is 6.64. The number of fused-ring (bicyclic) bond motifs is 1. The molecule has 0 aliphatic carbocycles. The summed E-state index contributed by atoms with van der Waals surface area (Å²) in [5.41, 5.74) is 2.72. The second-order valence-electron chi connectivity index (χ2n) is 9.96. The Bertz CT molecular complexity index is 1640. The van der Waals surface area contributed by atoms with Gasteiger partial charge in [-0.3, -0.25) is 19.3 Å². The summed E-state index contributed by atoms with van der Waals surface area (Å²) < 4.78 is 31.9. The number of sulfonamides is 1. The summed E-state index contributed by atoms with van der Waals surface area (Å²) in [7, 11) is -2.28. The number of hydrogen-bond acceptors (Lipinski definition) is 6. The van der Waals surface area contributed by atoms with Crippen LogP contribution in [0.2, 0.25) is 0 Å². The zero-order valence-corrected chi connectivity index (χ0v) is 22.6. The fourth-order valence-electron chi connectivity index (χ4n) is 4.22. The number of carbonyl (C=O) groups excluding carboxylic acids is 2. The van der Waals surface area contributed by atoms with Crippen molar-refractivity contribution in [3.8, 4) is 16.9 Å². The van der Waals surface area contributed by atoms with Gasteiger partial charge < -0.3 is 10.1 Å². The van der Waals surface area contributed by atoms with E-state index in [4.69, 9.17) is 4.74 Å². The quantitative estimate of drug-likeness (QED) is 0.244. The summed E-state index contributed by atoms with van der Waals surface area (Å²) in [6, 6.07) is 17.9. The number of benzene rings is 3. The molecule has 0 fully saturated rings. The molecular weight excluding hydrogens is 502 g/mol. The van der Waals surface area contributed by atoms with Gasteiger partial charge in [-0.05, 0) is 51.6 Å². The highest BCUT2D eigenvalue weighted by atomic mass is 32.2. The molecular formula is C29H29N3O5S. The number of nitrogens with zero attached hydrogens (tertiary/aromatic N) is 1. The Hall–Kier alpha value is -4.24. The topological polar surface area (TPSA) is 114 Å². The third kappa shape index (κ3) is 5.68. The molecule has 1 heterocycles. The van der Waals surface area contributed by atoms with Crippen molar-refractivity contribution < 1.29 is 22.7 Å². The molecule has 2 N–H and O–H groups in total. The smallest absolute Gasteiger partial charge is 0.296 e. The number of Topliss-reactive ketones (excluding diaryl/α,β-unsaturated/α-hetero) is 1. The van der Waals surface area contributed by atoms with Gasteiger partial charge in [0.05, 0.1) is 24.7 Å². The van der Waals surface area contributed by atoms with E-state index >= 15 is 0 Å². The second kappa shape index (κ2) is 10.3. The normalized spacial score (nSPS) is 11.7. The summed E-state index contributed by atoms with van der Waals surface area (Å²) in [6.07, 6.45) is 4.46. The van der Waals surface area contributed by atoms with E-state index < -0.39 is 21.7 Å². The van der Waals surface area contributed by atoms with Gasteiger partial charge in [-0.2, -0.15) is 0 Å². The number of hydrogen-bond donors (Lipinski definition) is 2. The van der Waals surface area contributed by atoms with Crippen LogP contribution in [0.3, 0.4) is 0 Å². The Morgan fingerprint density at radius 3 is 2.21 bits per heavy atom. The summed E-state index contributed by atoms with van der Waals surface area (Å²) in [4.78, 5) is 30.9. The van der Waals surface area contributed by atoms with E-state index in [1.54, 1.807) is 42.7 Å². The predicted molar refractivity (Wildman–Crippen MR) is 150 cm³/mol. The van der Waals surface area contributed by atoms with Crippen molar-refractivity contribution in [1.29, 1.82) is 0 Å². The third-order valence-electron chi connectivity index (χ3n) is 6.05. The molecule has 4 aromatic rings. The average molecular weight is 532 g/mol. The fraction of sp³-hybridized carbons (Fsp3) is 0.207. The van der Waals surface area contributed by atoms with Crippen LogP contribution in [0, 0.1) is 0 Å². The van der Waals surface area contributed by atoms with Crippen LogP contribution in [0.1, 0.15) is 36.7 Å². The van der Waals surface area contributed by atoms with Crippen LogP contribution in [0.25, 0.3) is 21.9 Å². The van der Waals surface area contributed by atoms with E-state index in [0.29, 0.717) is 5.39 Å². The van der Waals surface area contributed by atoms with E-state index in [0.717, 1.165) is 28.3 Å². The largest absolute Gasteiger partial charge is 0.492 e. The first kappa shape index (κ1) is 26.8. The molecule has 0 spiro atoms. The Labute approximate surface area is 222 Å². The molecule has 0 atom stereocenters. The van der Waals surface area contributed by atoms with E-state index in [9.17, 15) is 18.0 Å². The number of amides is 1. The molecule has 0 unspecified atom stereocenters. The molecule has 0 radical (unpaired) electrons. The van der Waals surface area contributed by atoms with Crippen LogP contribution in [0.4, 0.5) is 11.4 Å². The molecule has 196 valence electrons. The van der Waals surface area contributed by atoms with Gasteiger partial charge in [-0.15, -0.1) is 0 Å². The number of ketones is 1. The maximum Gasteiger partial charge on any atom is 0.296 e. The molecule has 1 aromatic heterocycles. The summed E-state index contributed by atoms with van der Waals surface area (Å²) in [6.45, 7) is 5.85. The van der Waals surface area contributed by atoms with Crippen molar-refractivity contribution in [2.24, 2.45) is 0 Å².